The van der Waals surface area contributed by atoms with Crippen LogP contribution in [0, 0.1) is 0 Å². The molecule has 0 aliphatic carbocycles. The second kappa shape index (κ2) is 4.86. The van der Waals surface area contributed by atoms with E-state index >= 15 is 0 Å². The van der Waals surface area contributed by atoms with Crippen LogP contribution in [0.3, 0.4) is 0 Å². The van der Waals surface area contributed by atoms with Gasteiger partial charge in [0.1, 0.15) is 4.90 Å². The van der Waals surface area contributed by atoms with Gasteiger partial charge >= 0.3 is 0 Å². The molecule has 1 amide bonds. The molecule has 2 rings (SSSR count). The second-order valence-electron chi connectivity index (χ2n) is 3.68. The van der Waals surface area contributed by atoms with Crippen molar-refractivity contribution in [3.63, 3.8) is 0 Å². The standard InChI is InChI=1S/C9H13N5O3S/c1-10-9-12-4-7(5-13-9)18(16,17)14-3-2-11-8(15)6-14/h4-5H,2-3,6H2,1H3,(H,11,15)(H,10,12,13). The maximum Gasteiger partial charge on any atom is 0.246 e. The monoisotopic (exact) mass is 271 g/mol. The largest absolute Gasteiger partial charge is 0.357 e. The van der Waals surface area contributed by atoms with Crippen molar-refractivity contribution in [1.29, 1.82) is 0 Å². The first-order valence-corrected chi connectivity index (χ1v) is 6.74. The molecule has 0 saturated carbocycles. The van der Waals surface area contributed by atoms with E-state index in [-0.39, 0.29) is 23.9 Å². The SMILES string of the molecule is CNc1ncc(S(=O)(=O)N2CCNC(=O)C2)cn1. The quantitative estimate of drug-likeness (QED) is 0.703. The van der Waals surface area contributed by atoms with Gasteiger partial charge in [0, 0.05) is 20.1 Å². The molecule has 18 heavy (non-hydrogen) atoms. The Morgan fingerprint density at radius 3 is 2.61 bits per heavy atom. The van der Waals surface area contributed by atoms with Crippen molar-refractivity contribution in [1.82, 2.24) is 19.6 Å². The lowest BCUT2D eigenvalue weighted by Crippen LogP contribution is -2.49. The Labute approximate surface area is 104 Å². The zero-order chi connectivity index (χ0) is 13.2. The average molecular weight is 271 g/mol. The number of hydrogen-bond acceptors (Lipinski definition) is 6. The molecule has 0 unspecified atom stereocenters. The molecule has 1 saturated heterocycles. The minimum absolute atomic E-state index is 0.0174. The van der Waals surface area contributed by atoms with E-state index in [0.717, 1.165) is 4.31 Å². The van der Waals surface area contributed by atoms with Gasteiger partial charge in [-0.2, -0.15) is 4.31 Å². The van der Waals surface area contributed by atoms with E-state index in [1.165, 1.54) is 12.4 Å². The zero-order valence-electron chi connectivity index (χ0n) is 9.75. The molecule has 2 heterocycles. The molecular weight excluding hydrogens is 258 g/mol. The van der Waals surface area contributed by atoms with Gasteiger partial charge in [-0.05, 0) is 0 Å². The van der Waals surface area contributed by atoms with Gasteiger partial charge in [-0.15, -0.1) is 0 Å². The first-order valence-electron chi connectivity index (χ1n) is 5.30. The summed E-state index contributed by atoms with van der Waals surface area (Å²) in [6.07, 6.45) is 2.45. The number of rotatable bonds is 3. The molecule has 0 spiro atoms. The summed E-state index contributed by atoms with van der Waals surface area (Å²) >= 11 is 0. The summed E-state index contributed by atoms with van der Waals surface area (Å²) in [7, 11) is -2.06. The van der Waals surface area contributed by atoms with E-state index in [1.807, 2.05) is 0 Å². The van der Waals surface area contributed by atoms with E-state index in [1.54, 1.807) is 7.05 Å². The molecule has 0 atom stereocenters. The summed E-state index contributed by atoms with van der Waals surface area (Å²) in [5, 5.41) is 5.26. The minimum Gasteiger partial charge on any atom is -0.357 e. The Morgan fingerprint density at radius 2 is 2.06 bits per heavy atom. The molecule has 1 aliphatic rings. The van der Waals surface area contributed by atoms with Crippen LogP contribution < -0.4 is 10.6 Å². The number of carbonyl (C=O) groups is 1. The fourth-order valence-electron chi connectivity index (χ4n) is 1.55. The van der Waals surface area contributed by atoms with E-state index in [4.69, 9.17) is 0 Å². The number of aromatic nitrogens is 2. The number of sulfonamides is 1. The molecule has 0 bridgehead atoms. The number of amides is 1. The number of nitrogens with zero attached hydrogens (tertiary/aromatic N) is 3. The summed E-state index contributed by atoms with van der Waals surface area (Å²) in [5.74, 6) is 0.0305. The molecular formula is C9H13N5O3S. The Hall–Kier alpha value is -1.74. The third kappa shape index (κ3) is 2.41. The Morgan fingerprint density at radius 1 is 1.39 bits per heavy atom. The molecule has 9 heteroatoms. The van der Waals surface area contributed by atoms with Crippen molar-refractivity contribution in [3.8, 4) is 0 Å². The highest BCUT2D eigenvalue weighted by Gasteiger charge is 2.29. The average Bonchev–Trinajstić information content (AvgIpc) is 2.39. The molecule has 8 nitrogen and oxygen atoms in total. The van der Waals surface area contributed by atoms with Crippen LogP contribution in [0.25, 0.3) is 0 Å². The van der Waals surface area contributed by atoms with Gasteiger partial charge in [0.15, 0.2) is 0 Å². The summed E-state index contributed by atoms with van der Waals surface area (Å²) < 4.78 is 25.5. The van der Waals surface area contributed by atoms with Crippen molar-refractivity contribution >= 4 is 21.9 Å². The molecule has 1 fully saturated rings. The fraction of sp³-hybridized carbons (Fsp3) is 0.444. The van der Waals surface area contributed by atoms with Crippen molar-refractivity contribution in [2.45, 2.75) is 4.90 Å². The lowest BCUT2D eigenvalue weighted by molar-refractivity contribution is -0.122. The van der Waals surface area contributed by atoms with Crippen molar-refractivity contribution in [3.05, 3.63) is 12.4 Å². The third-order valence-electron chi connectivity index (χ3n) is 2.49. The smallest absolute Gasteiger partial charge is 0.246 e. The van der Waals surface area contributed by atoms with Crippen LogP contribution in [0.2, 0.25) is 0 Å². The van der Waals surface area contributed by atoms with Crippen LogP contribution in [0.4, 0.5) is 5.95 Å². The second-order valence-corrected chi connectivity index (χ2v) is 5.62. The van der Waals surface area contributed by atoms with Crippen LogP contribution in [0.15, 0.2) is 17.3 Å². The predicted octanol–water partition coefficient (Wildman–Crippen LogP) is -1.36. The molecule has 1 aromatic heterocycles. The lowest BCUT2D eigenvalue weighted by atomic mass is 10.4. The highest BCUT2D eigenvalue weighted by Crippen LogP contribution is 2.15. The van der Waals surface area contributed by atoms with Crippen molar-refractivity contribution in [2.75, 3.05) is 32.0 Å². The third-order valence-corrected chi connectivity index (χ3v) is 4.29. The number of hydrogen-bond donors (Lipinski definition) is 2. The van der Waals surface area contributed by atoms with Crippen LogP contribution >= 0.6 is 0 Å². The van der Waals surface area contributed by atoms with Gasteiger partial charge in [0.25, 0.3) is 0 Å². The Kier molecular flexibility index (Phi) is 3.43. The molecule has 1 aromatic rings. The lowest BCUT2D eigenvalue weighted by Gasteiger charge is -2.25. The predicted molar refractivity (Wildman–Crippen MR) is 63.3 cm³/mol. The van der Waals surface area contributed by atoms with E-state index in [9.17, 15) is 13.2 Å². The normalized spacial score (nSPS) is 17.3. The number of anilines is 1. The summed E-state index contributed by atoms with van der Waals surface area (Å²) in [5.41, 5.74) is 0. The molecule has 98 valence electrons. The highest BCUT2D eigenvalue weighted by atomic mass is 32.2. The molecule has 0 aromatic carbocycles. The first-order chi connectivity index (χ1) is 8.54. The van der Waals surface area contributed by atoms with Gasteiger partial charge in [-0.1, -0.05) is 0 Å². The van der Waals surface area contributed by atoms with Gasteiger partial charge < -0.3 is 10.6 Å². The Bertz CT molecular complexity index is 542. The van der Waals surface area contributed by atoms with Crippen LogP contribution in [-0.4, -0.2) is 55.3 Å². The number of nitrogens with one attached hydrogen (secondary N) is 2. The maximum absolute atomic E-state index is 12.2. The van der Waals surface area contributed by atoms with Gasteiger partial charge in [-0.25, -0.2) is 18.4 Å². The summed E-state index contributed by atoms with van der Waals surface area (Å²) in [6, 6.07) is 0. The number of carbonyl (C=O) groups excluding carboxylic acids is 1. The van der Waals surface area contributed by atoms with Crippen LogP contribution in [0.1, 0.15) is 0 Å². The van der Waals surface area contributed by atoms with Gasteiger partial charge in [0.05, 0.1) is 18.9 Å². The van der Waals surface area contributed by atoms with Crippen molar-refractivity contribution < 1.29 is 13.2 Å². The summed E-state index contributed by atoms with van der Waals surface area (Å²) in [6.45, 7) is 0.394. The van der Waals surface area contributed by atoms with Gasteiger partial charge in [-0.3, -0.25) is 4.79 Å². The topological polar surface area (TPSA) is 104 Å². The fourth-order valence-corrected chi connectivity index (χ4v) is 2.84. The van der Waals surface area contributed by atoms with Crippen LogP contribution in [0.5, 0.6) is 0 Å². The maximum atomic E-state index is 12.2. The van der Waals surface area contributed by atoms with E-state index in [2.05, 4.69) is 20.6 Å². The summed E-state index contributed by atoms with van der Waals surface area (Å²) in [4.78, 5) is 18.9. The van der Waals surface area contributed by atoms with E-state index in [0.29, 0.717) is 12.5 Å². The molecule has 2 N–H and O–H groups in total. The van der Waals surface area contributed by atoms with Crippen LogP contribution in [-0.2, 0) is 14.8 Å². The zero-order valence-corrected chi connectivity index (χ0v) is 10.6. The molecule has 0 radical (unpaired) electrons. The minimum atomic E-state index is -3.70. The van der Waals surface area contributed by atoms with Crippen molar-refractivity contribution in [2.24, 2.45) is 0 Å². The van der Waals surface area contributed by atoms with Gasteiger partial charge in [0.2, 0.25) is 21.9 Å². The number of piperazine rings is 1. The Balaban J connectivity index is 2.26. The highest BCUT2D eigenvalue weighted by molar-refractivity contribution is 7.89. The first kappa shape index (κ1) is 12.7. The van der Waals surface area contributed by atoms with E-state index < -0.39 is 10.0 Å². The molecule has 1 aliphatic heterocycles.